The Morgan fingerprint density at radius 1 is 1.24 bits per heavy atom. The highest BCUT2D eigenvalue weighted by Gasteiger charge is 2.17. The van der Waals surface area contributed by atoms with Crippen LogP contribution in [0.4, 0.5) is 0 Å². The van der Waals surface area contributed by atoms with Crippen LogP contribution in [0.2, 0.25) is 0 Å². The van der Waals surface area contributed by atoms with Gasteiger partial charge in [-0.15, -0.1) is 11.3 Å². The van der Waals surface area contributed by atoms with Gasteiger partial charge in [0.05, 0.1) is 18.6 Å². The van der Waals surface area contributed by atoms with Crippen molar-refractivity contribution in [2.75, 3.05) is 6.79 Å². The van der Waals surface area contributed by atoms with E-state index < -0.39 is 0 Å². The number of carbonyl (C=O) groups is 1. The molecule has 0 spiro atoms. The predicted octanol–water partition coefficient (Wildman–Crippen LogP) is 2.87. The number of hydrogen-bond donors (Lipinski definition) is 1. The maximum Gasteiger partial charge on any atom is 0.253 e. The van der Waals surface area contributed by atoms with Crippen molar-refractivity contribution < 1.29 is 14.3 Å². The molecular weight excluding hydrogens is 340 g/mol. The molecule has 0 saturated heterocycles. The van der Waals surface area contributed by atoms with Crippen LogP contribution in [0.5, 0.6) is 11.5 Å². The molecule has 7 heteroatoms. The molecule has 0 fully saturated rings. The number of aromatic amines is 1. The largest absolute Gasteiger partial charge is 0.454 e. The Kier molecular flexibility index (Phi) is 3.93. The topological polar surface area (TPSA) is 71.6 Å². The van der Waals surface area contributed by atoms with E-state index in [9.17, 15) is 9.59 Å². The van der Waals surface area contributed by atoms with Crippen molar-refractivity contribution in [3.8, 4) is 11.5 Å². The number of aromatic nitrogens is 1. The molecule has 0 radical (unpaired) electrons. The number of nitrogens with zero attached hydrogens (tertiary/aromatic N) is 1. The van der Waals surface area contributed by atoms with Crippen LogP contribution in [0.15, 0.2) is 40.5 Å². The van der Waals surface area contributed by atoms with E-state index in [1.165, 1.54) is 6.92 Å². The maximum atomic E-state index is 12.4. The van der Waals surface area contributed by atoms with Gasteiger partial charge in [-0.1, -0.05) is 6.07 Å². The summed E-state index contributed by atoms with van der Waals surface area (Å²) in [5.74, 6) is 1.21. The van der Waals surface area contributed by atoms with Gasteiger partial charge in [-0.05, 0) is 23.6 Å². The third kappa shape index (κ3) is 3.10. The van der Waals surface area contributed by atoms with Crippen LogP contribution < -0.4 is 15.0 Å². The zero-order chi connectivity index (χ0) is 17.4. The summed E-state index contributed by atoms with van der Waals surface area (Å²) >= 11 is 1.59. The fourth-order valence-electron chi connectivity index (χ4n) is 2.83. The second kappa shape index (κ2) is 6.25. The molecule has 0 bridgehead atoms. The molecule has 1 aliphatic heterocycles. The van der Waals surface area contributed by atoms with E-state index in [0.717, 1.165) is 10.3 Å². The van der Waals surface area contributed by atoms with Gasteiger partial charge in [-0.3, -0.25) is 9.59 Å². The molecule has 0 unspecified atom stereocenters. The molecule has 0 saturated carbocycles. The molecule has 3 aromatic rings. The lowest BCUT2D eigenvalue weighted by molar-refractivity contribution is -0.130. The van der Waals surface area contributed by atoms with Gasteiger partial charge >= 0.3 is 0 Å². The van der Waals surface area contributed by atoms with Crippen LogP contribution in [0, 0.1) is 0 Å². The van der Waals surface area contributed by atoms with Gasteiger partial charge in [0.1, 0.15) is 0 Å². The van der Waals surface area contributed by atoms with Gasteiger partial charge in [-0.2, -0.15) is 0 Å². The Balaban J connectivity index is 1.67. The first-order valence-electron chi connectivity index (χ1n) is 7.83. The lowest BCUT2D eigenvalue weighted by Crippen LogP contribution is -2.30. The van der Waals surface area contributed by atoms with E-state index in [0.29, 0.717) is 29.1 Å². The van der Waals surface area contributed by atoms with E-state index in [4.69, 9.17) is 9.47 Å². The minimum absolute atomic E-state index is 0.0708. The van der Waals surface area contributed by atoms with Crippen molar-refractivity contribution in [3.05, 3.63) is 56.5 Å². The van der Waals surface area contributed by atoms with E-state index >= 15 is 0 Å². The van der Waals surface area contributed by atoms with Gasteiger partial charge in [0.15, 0.2) is 11.5 Å². The van der Waals surface area contributed by atoms with Crippen molar-refractivity contribution in [1.29, 1.82) is 0 Å². The van der Waals surface area contributed by atoms with Crippen LogP contribution in [0.25, 0.3) is 10.9 Å². The second-order valence-corrected chi connectivity index (χ2v) is 6.90. The van der Waals surface area contributed by atoms with Gasteiger partial charge in [-0.25, -0.2) is 0 Å². The van der Waals surface area contributed by atoms with Crippen molar-refractivity contribution in [2.24, 2.45) is 0 Å². The Morgan fingerprint density at radius 3 is 2.76 bits per heavy atom. The molecule has 6 nitrogen and oxygen atoms in total. The van der Waals surface area contributed by atoms with Crippen LogP contribution >= 0.6 is 11.3 Å². The molecule has 4 rings (SSSR count). The normalized spacial score (nSPS) is 12.5. The SMILES string of the molecule is CC(=O)N(Cc1cccs1)Cc1cc2cc3c(cc2[nH]c1=O)OCO3. The molecule has 0 atom stereocenters. The lowest BCUT2D eigenvalue weighted by Gasteiger charge is -2.20. The summed E-state index contributed by atoms with van der Waals surface area (Å²) in [4.78, 5) is 30.0. The number of benzene rings is 1. The zero-order valence-electron chi connectivity index (χ0n) is 13.6. The standard InChI is InChI=1S/C18H16N2O4S/c1-11(21)20(9-14-3-2-4-25-14)8-13-5-12-6-16-17(24-10-23-16)7-15(12)19-18(13)22/h2-7H,8-10H2,1H3,(H,19,22). The summed E-state index contributed by atoms with van der Waals surface area (Å²) < 4.78 is 10.7. The van der Waals surface area contributed by atoms with Gasteiger partial charge in [0.25, 0.3) is 5.56 Å². The fraction of sp³-hybridized carbons (Fsp3) is 0.222. The monoisotopic (exact) mass is 356 g/mol. The first kappa shape index (κ1) is 15.7. The number of fused-ring (bicyclic) bond motifs is 2. The Hall–Kier alpha value is -2.80. The molecule has 1 aromatic carbocycles. The number of ether oxygens (including phenoxy) is 2. The molecule has 128 valence electrons. The average molecular weight is 356 g/mol. The quantitative estimate of drug-likeness (QED) is 0.780. The third-order valence-electron chi connectivity index (χ3n) is 4.15. The summed E-state index contributed by atoms with van der Waals surface area (Å²) in [5, 5.41) is 2.82. The summed E-state index contributed by atoms with van der Waals surface area (Å²) in [6.07, 6.45) is 0. The lowest BCUT2D eigenvalue weighted by atomic mass is 10.1. The van der Waals surface area contributed by atoms with Gasteiger partial charge in [0, 0.05) is 28.8 Å². The summed E-state index contributed by atoms with van der Waals surface area (Å²) in [6, 6.07) is 9.34. The molecule has 1 amide bonds. The molecule has 1 aliphatic rings. The molecule has 25 heavy (non-hydrogen) atoms. The van der Waals surface area contributed by atoms with Crippen molar-refractivity contribution in [3.63, 3.8) is 0 Å². The Labute approximate surface area is 147 Å². The Bertz CT molecular complexity index is 994. The summed E-state index contributed by atoms with van der Waals surface area (Å²) in [7, 11) is 0. The molecule has 2 aromatic heterocycles. The van der Waals surface area contributed by atoms with Crippen molar-refractivity contribution in [1.82, 2.24) is 9.88 Å². The van der Waals surface area contributed by atoms with E-state index in [1.807, 2.05) is 23.6 Å². The molecule has 3 heterocycles. The van der Waals surface area contributed by atoms with E-state index in [1.54, 1.807) is 28.4 Å². The number of H-pyrrole nitrogens is 1. The van der Waals surface area contributed by atoms with Crippen molar-refractivity contribution in [2.45, 2.75) is 20.0 Å². The molecule has 1 N–H and O–H groups in total. The third-order valence-corrected chi connectivity index (χ3v) is 5.01. The minimum Gasteiger partial charge on any atom is -0.454 e. The fourth-order valence-corrected chi connectivity index (χ4v) is 3.55. The summed E-state index contributed by atoms with van der Waals surface area (Å²) in [6.45, 7) is 2.45. The number of nitrogens with one attached hydrogen (secondary N) is 1. The number of amides is 1. The highest BCUT2D eigenvalue weighted by atomic mass is 32.1. The predicted molar refractivity (Wildman–Crippen MR) is 94.9 cm³/mol. The average Bonchev–Trinajstić information content (AvgIpc) is 3.23. The number of rotatable bonds is 4. The number of thiophene rings is 1. The first-order chi connectivity index (χ1) is 12.1. The number of pyridine rings is 1. The number of hydrogen-bond acceptors (Lipinski definition) is 5. The highest BCUT2D eigenvalue weighted by molar-refractivity contribution is 7.09. The van der Waals surface area contributed by atoms with Crippen LogP contribution in [-0.4, -0.2) is 22.6 Å². The summed E-state index contributed by atoms with van der Waals surface area (Å²) in [5.41, 5.74) is 1.02. The maximum absolute atomic E-state index is 12.4. The van der Waals surface area contributed by atoms with Gasteiger partial charge in [0.2, 0.25) is 12.7 Å². The van der Waals surface area contributed by atoms with Crippen LogP contribution in [0.1, 0.15) is 17.4 Å². The van der Waals surface area contributed by atoms with E-state index in [2.05, 4.69) is 4.98 Å². The molecule has 0 aliphatic carbocycles. The highest BCUT2D eigenvalue weighted by Crippen LogP contribution is 2.35. The van der Waals surface area contributed by atoms with E-state index in [-0.39, 0.29) is 24.8 Å². The zero-order valence-corrected chi connectivity index (χ0v) is 14.4. The first-order valence-corrected chi connectivity index (χ1v) is 8.71. The number of carbonyl (C=O) groups excluding carboxylic acids is 1. The van der Waals surface area contributed by atoms with Gasteiger partial charge < -0.3 is 19.4 Å². The van der Waals surface area contributed by atoms with Crippen molar-refractivity contribution >= 4 is 28.1 Å². The molecular formula is C18H16N2O4S. The van der Waals surface area contributed by atoms with Crippen LogP contribution in [-0.2, 0) is 17.9 Å². The van der Waals surface area contributed by atoms with Crippen LogP contribution in [0.3, 0.4) is 0 Å². The minimum atomic E-state index is -0.205. The Morgan fingerprint density at radius 2 is 2.04 bits per heavy atom. The smallest absolute Gasteiger partial charge is 0.253 e. The second-order valence-electron chi connectivity index (χ2n) is 5.87.